The predicted octanol–water partition coefficient (Wildman–Crippen LogP) is 3.74. The van der Waals surface area contributed by atoms with Gasteiger partial charge in [0.1, 0.15) is 0 Å². The summed E-state index contributed by atoms with van der Waals surface area (Å²) in [6.07, 6.45) is 12.0. The summed E-state index contributed by atoms with van der Waals surface area (Å²) in [6, 6.07) is 0.852. The minimum absolute atomic E-state index is 0.783. The van der Waals surface area contributed by atoms with Crippen LogP contribution in [0.5, 0.6) is 0 Å². The van der Waals surface area contributed by atoms with Crippen molar-refractivity contribution in [3.05, 3.63) is 0 Å². The normalized spacial score (nSPS) is 26.6. The molecule has 0 aromatic rings. The summed E-state index contributed by atoms with van der Waals surface area (Å²) in [7, 11) is 0. The van der Waals surface area contributed by atoms with E-state index in [1.165, 1.54) is 57.9 Å². The average molecular weight is 209 g/mol. The molecule has 2 saturated carbocycles. The highest BCUT2D eigenvalue weighted by molar-refractivity contribution is 4.98. The molecule has 2 fully saturated rings. The molecular weight excluding hydrogens is 182 g/mol. The molecule has 1 nitrogen and oxygen atoms in total. The van der Waals surface area contributed by atoms with Crippen molar-refractivity contribution in [1.82, 2.24) is 5.32 Å². The van der Waals surface area contributed by atoms with Crippen molar-refractivity contribution < 1.29 is 0 Å². The van der Waals surface area contributed by atoms with E-state index >= 15 is 0 Å². The third-order valence-electron chi connectivity index (χ3n) is 4.34. The summed E-state index contributed by atoms with van der Waals surface area (Å²) < 4.78 is 0. The van der Waals surface area contributed by atoms with Crippen LogP contribution in [0.25, 0.3) is 0 Å². The highest BCUT2D eigenvalue weighted by atomic mass is 14.9. The van der Waals surface area contributed by atoms with Gasteiger partial charge in [-0.2, -0.15) is 0 Å². The lowest BCUT2D eigenvalue weighted by atomic mass is 9.61. The Hall–Kier alpha value is -0.0400. The average Bonchev–Trinajstić information content (AvgIpc) is 2.37. The molecule has 1 N–H and O–H groups in total. The zero-order valence-electron chi connectivity index (χ0n) is 10.5. The molecule has 0 radical (unpaired) electrons. The van der Waals surface area contributed by atoms with E-state index in [9.17, 15) is 0 Å². The Kier molecular flexibility index (Phi) is 3.71. The first kappa shape index (κ1) is 11.4. The van der Waals surface area contributed by atoms with Gasteiger partial charge in [-0.1, -0.05) is 39.5 Å². The molecule has 2 aliphatic carbocycles. The molecule has 2 rings (SSSR count). The van der Waals surface area contributed by atoms with Gasteiger partial charge in [0, 0.05) is 6.04 Å². The SMILES string of the molecule is CC(C)CNC1CC2(CCCCCC2)C1. The molecule has 0 bridgehead atoms. The van der Waals surface area contributed by atoms with E-state index in [1.54, 1.807) is 0 Å². The van der Waals surface area contributed by atoms with E-state index in [4.69, 9.17) is 0 Å². The van der Waals surface area contributed by atoms with Crippen molar-refractivity contribution >= 4 is 0 Å². The van der Waals surface area contributed by atoms with Crippen LogP contribution in [-0.4, -0.2) is 12.6 Å². The van der Waals surface area contributed by atoms with E-state index in [1.807, 2.05) is 0 Å². The second-order valence-corrected chi connectivity index (χ2v) is 6.32. The third-order valence-corrected chi connectivity index (χ3v) is 4.34. The Balaban J connectivity index is 1.70. The van der Waals surface area contributed by atoms with Gasteiger partial charge in [-0.15, -0.1) is 0 Å². The maximum absolute atomic E-state index is 3.71. The summed E-state index contributed by atoms with van der Waals surface area (Å²) in [6.45, 7) is 5.81. The molecule has 0 aliphatic heterocycles. The van der Waals surface area contributed by atoms with Gasteiger partial charge in [0.15, 0.2) is 0 Å². The van der Waals surface area contributed by atoms with E-state index in [0.717, 1.165) is 17.4 Å². The molecule has 0 amide bonds. The lowest BCUT2D eigenvalue weighted by Crippen LogP contribution is -2.49. The van der Waals surface area contributed by atoms with Crippen LogP contribution in [0.15, 0.2) is 0 Å². The Morgan fingerprint density at radius 2 is 1.67 bits per heavy atom. The fourth-order valence-corrected chi connectivity index (χ4v) is 3.42. The highest BCUT2D eigenvalue weighted by Gasteiger charge is 2.43. The van der Waals surface area contributed by atoms with Crippen molar-refractivity contribution in [2.24, 2.45) is 11.3 Å². The molecule has 15 heavy (non-hydrogen) atoms. The van der Waals surface area contributed by atoms with Crippen molar-refractivity contribution in [2.75, 3.05) is 6.54 Å². The smallest absolute Gasteiger partial charge is 0.00777 e. The first-order valence-corrected chi connectivity index (χ1v) is 6.94. The van der Waals surface area contributed by atoms with Crippen LogP contribution in [0, 0.1) is 11.3 Å². The van der Waals surface area contributed by atoms with Gasteiger partial charge in [0.2, 0.25) is 0 Å². The molecule has 0 saturated heterocycles. The summed E-state index contributed by atoms with van der Waals surface area (Å²) in [5.41, 5.74) is 0.783. The Morgan fingerprint density at radius 3 is 2.20 bits per heavy atom. The molecule has 1 heteroatoms. The highest BCUT2D eigenvalue weighted by Crippen LogP contribution is 2.50. The van der Waals surface area contributed by atoms with Crippen molar-refractivity contribution in [3.63, 3.8) is 0 Å². The predicted molar refractivity (Wildman–Crippen MR) is 66.0 cm³/mol. The van der Waals surface area contributed by atoms with Gasteiger partial charge in [-0.25, -0.2) is 0 Å². The van der Waals surface area contributed by atoms with E-state index < -0.39 is 0 Å². The lowest BCUT2D eigenvalue weighted by Gasteiger charge is -2.48. The first-order valence-electron chi connectivity index (χ1n) is 6.94. The van der Waals surface area contributed by atoms with Gasteiger partial charge in [-0.05, 0) is 43.6 Å². The zero-order chi connectivity index (χ0) is 10.7. The summed E-state index contributed by atoms with van der Waals surface area (Å²) in [5, 5.41) is 3.71. The molecule has 0 aromatic carbocycles. The maximum atomic E-state index is 3.71. The Labute approximate surface area is 95.0 Å². The summed E-state index contributed by atoms with van der Waals surface area (Å²) >= 11 is 0. The third kappa shape index (κ3) is 2.96. The van der Waals surface area contributed by atoms with Gasteiger partial charge < -0.3 is 5.32 Å². The van der Waals surface area contributed by atoms with Gasteiger partial charge in [0.25, 0.3) is 0 Å². The minimum Gasteiger partial charge on any atom is -0.314 e. The van der Waals surface area contributed by atoms with Crippen molar-refractivity contribution in [1.29, 1.82) is 0 Å². The minimum atomic E-state index is 0.783. The van der Waals surface area contributed by atoms with Crippen LogP contribution < -0.4 is 5.32 Å². The molecular formula is C14H27N. The van der Waals surface area contributed by atoms with Crippen LogP contribution in [0.2, 0.25) is 0 Å². The molecule has 88 valence electrons. The molecule has 2 aliphatic rings. The van der Waals surface area contributed by atoms with Crippen molar-refractivity contribution in [3.8, 4) is 0 Å². The number of rotatable bonds is 3. The second-order valence-electron chi connectivity index (χ2n) is 6.32. The first-order chi connectivity index (χ1) is 7.20. The zero-order valence-corrected chi connectivity index (χ0v) is 10.5. The Bertz CT molecular complexity index is 182. The monoisotopic (exact) mass is 209 g/mol. The van der Waals surface area contributed by atoms with Crippen LogP contribution in [0.4, 0.5) is 0 Å². The summed E-state index contributed by atoms with van der Waals surface area (Å²) in [4.78, 5) is 0. The van der Waals surface area contributed by atoms with Crippen LogP contribution >= 0.6 is 0 Å². The summed E-state index contributed by atoms with van der Waals surface area (Å²) in [5.74, 6) is 0.802. The quantitative estimate of drug-likeness (QED) is 0.746. The fraction of sp³-hybridized carbons (Fsp3) is 1.00. The Morgan fingerprint density at radius 1 is 1.07 bits per heavy atom. The maximum Gasteiger partial charge on any atom is 0.00777 e. The van der Waals surface area contributed by atoms with E-state index in [-0.39, 0.29) is 0 Å². The molecule has 0 heterocycles. The lowest BCUT2D eigenvalue weighted by molar-refractivity contribution is 0.0621. The standard InChI is InChI=1S/C14H27N/c1-12(2)11-15-13-9-14(10-13)7-5-3-4-6-8-14/h12-13,15H,3-11H2,1-2H3. The van der Waals surface area contributed by atoms with Crippen LogP contribution in [0.1, 0.15) is 65.2 Å². The fourth-order valence-electron chi connectivity index (χ4n) is 3.42. The van der Waals surface area contributed by atoms with E-state index in [2.05, 4.69) is 19.2 Å². The van der Waals surface area contributed by atoms with Gasteiger partial charge >= 0.3 is 0 Å². The molecule has 1 spiro atoms. The van der Waals surface area contributed by atoms with Crippen LogP contribution in [-0.2, 0) is 0 Å². The number of hydrogen-bond donors (Lipinski definition) is 1. The number of nitrogens with one attached hydrogen (secondary N) is 1. The van der Waals surface area contributed by atoms with Crippen LogP contribution in [0.3, 0.4) is 0 Å². The van der Waals surface area contributed by atoms with Gasteiger partial charge in [0.05, 0.1) is 0 Å². The molecule has 0 atom stereocenters. The largest absolute Gasteiger partial charge is 0.314 e. The van der Waals surface area contributed by atoms with Crippen molar-refractivity contribution in [2.45, 2.75) is 71.3 Å². The van der Waals surface area contributed by atoms with E-state index in [0.29, 0.717) is 0 Å². The second kappa shape index (κ2) is 4.86. The molecule has 0 aromatic heterocycles. The van der Waals surface area contributed by atoms with Gasteiger partial charge in [-0.3, -0.25) is 0 Å². The number of hydrogen-bond acceptors (Lipinski definition) is 1. The molecule has 0 unspecified atom stereocenters. The topological polar surface area (TPSA) is 12.0 Å².